The second kappa shape index (κ2) is 6.11. The van der Waals surface area contributed by atoms with Crippen LogP contribution >= 0.6 is 11.3 Å². The van der Waals surface area contributed by atoms with Gasteiger partial charge >= 0.3 is 0 Å². The number of anilines is 1. The van der Waals surface area contributed by atoms with Crippen LogP contribution in [0.3, 0.4) is 0 Å². The molecular formula is C12H18N4O4S2. The van der Waals surface area contributed by atoms with Crippen LogP contribution in [0.5, 0.6) is 0 Å². The molecule has 0 saturated carbocycles. The van der Waals surface area contributed by atoms with Crippen LogP contribution in [0, 0.1) is 0 Å². The summed E-state index contributed by atoms with van der Waals surface area (Å²) < 4.78 is 28.0. The minimum atomic E-state index is -3.71. The normalized spacial score (nSPS) is 23.0. The number of nitrogens with two attached hydrogens (primary N) is 1. The minimum absolute atomic E-state index is 0.0559. The van der Waals surface area contributed by atoms with Crippen molar-refractivity contribution in [3.8, 4) is 0 Å². The Balaban J connectivity index is 1.59. The fraction of sp³-hybridized carbons (Fsp3) is 0.667. The van der Waals surface area contributed by atoms with Gasteiger partial charge in [0.25, 0.3) is 5.91 Å². The molecule has 122 valence electrons. The fourth-order valence-corrected chi connectivity index (χ4v) is 4.21. The van der Waals surface area contributed by atoms with E-state index in [0.29, 0.717) is 37.9 Å². The molecular weight excluding hydrogens is 328 g/mol. The first kappa shape index (κ1) is 15.7. The van der Waals surface area contributed by atoms with Crippen molar-refractivity contribution in [2.24, 2.45) is 5.14 Å². The quantitative estimate of drug-likeness (QED) is 0.800. The number of ether oxygens (including phenoxy) is 1. The molecule has 1 atom stereocenters. The Labute approximate surface area is 132 Å². The summed E-state index contributed by atoms with van der Waals surface area (Å²) in [5.41, 5.74) is 0. The highest BCUT2D eigenvalue weighted by Gasteiger charge is 2.31. The number of thiazole rings is 1. The number of piperazine rings is 1. The number of sulfonamides is 1. The molecule has 22 heavy (non-hydrogen) atoms. The average Bonchev–Trinajstić information content (AvgIpc) is 3.17. The molecule has 2 saturated heterocycles. The van der Waals surface area contributed by atoms with Gasteiger partial charge in [-0.3, -0.25) is 4.79 Å². The maximum absolute atomic E-state index is 12.3. The Kier molecular flexibility index (Phi) is 4.35. The predicted molar refractivity (Wildman–Crippen MR) is 81.3 cm³/mol. The molecule has 8 nitrogen and oxygen atoms in total. The monoisotopic (exact) mass is 346 g/mol. The van der Waals surface area contributed by atoms with E-state index in [1.807, 2.05) is 4.90 Å². The fourth-order valence-electron chi connectivity index (χ4n) is 2.62. The van der Waals surface area contributed by atoms with Crippen molar-refractivity contribution >= 4 is 32.4 Å². The smallest absolute Gasteiger partial charge is 0.251 e. The Hall–Kier alpha value is -1.23. The molecule has 2 aliphatic rings. The van der Waals surface area contributed by atoms with Gasteiger partial charge in [0.1, 0.15) is 6.10 Å². The second-order valence-electron chi connectivity index (χ2n) is 5.32. The Morgan fingerprint density at radius 3 is 2.64 bits per heavy atom. The van der Waals surface area contributed by atoms with E-state index in [1.165, 1.54) is 6.20 Å². The lowest BCUT2D eigenvalue weighted by atomic mass is 10.2. The van der Waals surface area contributed by atoms with Crippen LogP contribution in [0.15, 0.2) is 10.4 Å². The Morgan fingerprint density at radius 2 is 2.09 bits per heavy atom. The molecule has 0 aliphatic carbocycles. The molecule has 3 heterocycles. The summed E-state index contributed by atoms with van der Waals surface area (Å²) in [5, 5.41) is 5.71. The number of carbonyl (C=O) groups excluding carboxylic acids is 1. The molecule has 3 rings (SSSR count). The molecule has 2 N–H and O–H groups in total. The van der Waals surface area contributed by atoms with Crippen molar-refractivity contribution < 1.29 is 17.9 Å². The number of amides is 1. The zero-order valence-electron chi connectivity index (χ0n) is 12.0. The third kappa shape index (κ3) is 3.24. The third-order valence-electron chi connectivity index (χ3n) is 3.82. The van der Waals surface area contributed by atoms with Gasteiger partial charge < -0.3 is 14.5 Å². The van der Waals surface area contributed by atoms with Gasteiger partial charge in [-0.25, -0.2) is 18.5 Å². The highest BCUT2D eigenvalue weighted by Crippen LogP contribution is 2.26. The average molecular weight is 346 g/mol. The first-order valence-corrected chi connectivity index (χ1v) is 9.45. The molecule has 1 aromatic heterocycles. The van der Waals surface area contributed by atoms with E-state index in [4.69, 9.17) is 9.88 Å². The lowest BCUT2D eigenvalue weighted by Gasteiger charge is -2.35. The van der Waals surface area contributed by atoms with Crippen molar-refractivity contribution in [3.05, 3.63) is 6.20 Å². The lowest BCUT2D eigenvalue weighted by molar-refractivity contribution is -0.141. The van der Waals surface area contributed by atoms with Crippen LogP contribution in [-0.2, 0) is 19.6 Å². The van der Waals surface area contributed by atoms with Gasteiger partial charge in [0.15, 0.2) is 9.34 Å². The molecule has 0 radical (unpaired) electrons. The maximum atomic E-state index is 12.3. The van der Waals surface area contributed by atoms with E-state index >= 15 is 0 Å². The Bertz CT molecular complexity index is 646. The van der Waals surface area contributed by atoms with Crippen molar-refractivity contribution in [1.82, 2.24) is 9.88 Å². The maximum Gasteiger partial charge on any atom is 0.251 e. The molecule has 0 unspecified atom stereocenters. The van der Waals surface area contributed by atoms with Crippen molar-refractivity contribution in [2.45, 2.75) is 23.2 Å². The van der Waals surface area contributed by atoms with Gasteiger partial charge in [0.2, 0.25) is 10.0 Å². The molecule has 1 aromatic rings. The topological polar surface area (TPSA) is 106 Å². The number of rotatable bonds is 3. The first-order chi connectivity index (χ1) is 10.4. The second-order valence-corrected chi connectivity index (χ2v) is 8.12. The summed E-state index contributed by atoms with van der Waals surface area (Å²) in [6, 6.07) is 0. The molecule has 10 heteroatoms. The van der Waals surface area contributed by atoms with E-state index < -0.39 is 10.0 Å². The lowest BCUT2D eigenvalue weighted by Crippen LogP contribution is -2.51. The summed E-state index contributed by atoms with van der Waals surface area (Å²) in [4.78, 5) is 20.1. The summed E-state index contributed by atoms with van der Waals surface area (Å²) in [6.45, 7) is 3.07. The minimum Gasteiger partial charge on any atom is -0.368 e. The van der Waals surface area contributed by atoms with Crippen LogP contribution in [0.4, 0.5) is 5.13 Å². The molecule has 1 amide bonds. The van der Waals surface area contributed by atoms with Gasteiger partial charge in [-0.2, -0.15) is 0 Å². The molecule has 0 spiro atoms. The zero-order chi connectivity index (χ0) is 15.7. The van der Waals surface area contributed by atoms with Gasteiger partial charge in [0.05, 0.1) is 6.20 Å². The third-order valence-corrected chi connectivity index (χ3v) is 6.29. The number of hydrogen-bond donors (Lipinski definition) is 1. The number of primary sulfonamides is 1. The first-order valence-electron chi connectivity index (χ1n) is 7.09. The highest BCUT2D eigenvalue weighted by molar-refractivity contribution is 7.91. The van der Waals surface area contributed by atoms with Gasteiger partial charge in [-0.05, 0) is 12.8 Å². The highest BCUT2D eigenvalue weighted by atomic mass is 32.2. The van der Waals surface area contributed by atoms with Gasteiger partial charge in [0, 0.05) is 32.8 Å². The molecule has 2 fully saturated rings. The molecule has 2 aliphatic heterocycles. The standard InChI is InChI=1S/C12H18N4O4S2/c13-22(18,19)10-8-14-12(21-10)16-5-3-15(4-6-16)11(17)9-2-1-7-20-9/h8-9H,1-7H2,(H2,13,18,19)/t9-/m1/s1. The number of carbonyl (C=O) groups is 1. The zero-order valence-corrected chi connectivity index (χ0v) is 13.6. The van der Waals surface area contributed by atoms with Crippen LogP contribution in [0.25, 0.3) is 0 Å². The predicted octanol–water partition coefficient (Wildman–Crippen LogP) is -0.382. The summed E-state index contributed by atoms with van der Waals surface area (Å²) in [5.74, 6) is 0.0570. The van der Waals surface area contributed by atoms with Crippen LogP contribution < -0.4 is 10.0 Å². The van der Waals surface area contributed by atoms with Crippen LogP contribution in [0.1, 0.15) is 12.8 Å². The van der Waals surface area contributed by atoms with E-state index in [9.17, 15) is 13.2 Å². The van der Waals surface area contributed by atoms with E-state index in [-0.39, 0.29) is 16.2 Å². The summed E-state index contributed by atoms with van der Waals surface area (Å²) in [7, 11) is -3.71. The summed E-state index contributed by atoms with van der Waals surface area (Å²) >= 11 is 1.05. The molecule has 0 aromatic carbocycles. The van der Waals surface area contributed by atoms with E-state index in [1.54, 1.807) is 4.90 Å². The number of nitrogens with zero attached hydrogens (tertiary/aromatic N) is 3. The SMILES string of the molecule is NS(=O)(=O)c1cnc(N2CCN(C(=O)[C@H]3CCCO3)CC2)s1. The van der Waals surface area contributed by atoms with Crippen molar-refractivity contribution in [1.29, 1.82) is 0 Å². The summed E-state index contributed by atoms with van der Waals surface area (Å²) in [6.07, 6.45) is 2.72. The van der Waals surface area contributed by atoms with Gasteiger partial charge in [-0.15, -0.1) is 0 Å². The Morgan fingerprint density at radius 1 is 1.36 bits per heavy atom. The van der Waals surface area contributed by atoms with Gasteiger partial charge in [-0.1, -0.05) is 11.3 Å². The van der Waals surface area contributed by atoms with Crippen LogP contribution in [0.2, 0.25) is 0 Å². The number of aromatic nitrogens is 1. The van der Waals surface area contributed by atoms with E-state index in [0.717, 1.165) is 24.2 Å². The van der Waals surface area contributed by atoms with Crippen molar-refractivity contribution in [3.63, 3.8) is 0 Å². The van der Waals surface area contributed by atoms with Crippen LogP contribution in [-0.4, -0.2) is 63.1 Å². The van der Waals surface area contributed by atoms with E-state index in [2.05, 4.69) is 4.98 Å². The molecule has 0 bridgehead atoms. The number of hydrogen-bond acceptors (Lipinski definition) is 7. The van der Waals surface area contributed by atoms with Crippen molar-refractivity contribution in [2.75, 3.05) is 37.7 Å². The largest absolute Gasteiger partial charge is 0.368 e.